The molecular formula is C25H26O12. The fourth-order valence-corrected chi connectivity index (χ4v) is 5.07. The van der Waals surface area contributed by atoms with Gasteiger partial charge in [0.2, 0.25) is 0 Å². The molecular weight excluding hydrogens is 492 g/mol. The number of fused-ring (bicyclic) bond motifs is 2. The molecule has 198 valence electrons. The molecule has 1 heterocycles. The predicted molar refractivity (Wildman–Crippen MR) is 124 cm³/mol. The van der Waals surface area contributed by atoms with E-state index in [1.807, 2.05) is 0 Å². The minimum absolute atomic E-state index is 0.0403. The lowest BCUT2D eigenvalue weighted by atomic mass is 9.75. The third kappa shape index (κ3) is 3.76. The first-order chi connectivity index (χ1) is 17.5. The van der Waals surface area contributed by atoms with Crippen molar-refractivity contribution in [3.05, 3.63) is 51.1 Å². The largest absolute Gasteiger partial charge is 0.496 e. The van der Waals surface area contributed by atoms with Gasteiger partial charge in [-0.05, 0) is 24.6 Å². The van der Waals surface area contributed by atoms with Crippen LogP contribution in [-0.4, -0.2) is 95.4 Å². The SMILES string of the molecule is COc1ccc(OC)c2c1C(=O)c1c(C)c(C(=O)O)c(OC)c(C3O[C@H](CO)[C@@H](O)[C@H](O)[C@H]3O)c1C2=O. The number of carboxylic acids is 1. The molecule has 1 unspecified atom stereocenters. The summed E-state index contributed by atoms with van der Waals surface area (Å²) >= 11 is 0. The van der Waals surface area contributed by atoms with Crippen molar-refractivity contribution >= 4 is 17.5 Å². The number of ether oxygens (including phenoxy) is 4. The number of carbonyl (C=O) groups is 3. The second-order valence-corrected chi connectivity index (χ2v) is 8.63. The molecule has 0 aromatic heterocycles. The third-order valence-electron chi connectivity index (χ3n) is 6.81. The van der Waals surface area contributed by atoms with E-state index in [-0.39, 0.29) is 50.6 Å². The summed E-state index contributed by atoms with van der Waals surface area (Å²) < 4.78 is 21.7. The van der Waals surface area contributed by atoms with Crippen molar-refractivity contribution in [3.63, 3.8) is 0 Å². The Kier molecular flexibility index (Phi) is 6.97. The van der Waals surface area contributed by atoms with Gasteiger partial charge >= 0.3 is 5.97 Å². The summed E-state index contributed by atoms with van der Waals surface area (Å²) in [5.74, 6) is -3.30. The van der Waals surface area contributed by atoms with Crippen LogP contribution in [0.1, 0.15) is 59.4 Å². The Morgan fingerprint density at radius 3 is 1.86 bits per heavy atom. The summed E-state index contributed by atoms with van der Waals surface area (Å²) in [4.78, 5) is 40.3. The number of rotatable bonds is 6. The molecule has 12 nitrogen and oxygen atoms in total. The summed E-state index contributed by atoms with van der Waals surface area (Å²) in [6.45, 7) is 0.565. The zero-order valence-electron chi connectivity index (χ0n) is 20.3. The van der Waals surface area contributed by atoms with Gasteiger partial charge in [-0.3, -0.25) is 9.59 Å². The molecule has 4 rings (SSSR count). The van der Waals surface area contributed by atoms with E-state index >= 15 is 0 Å². The molecule has 12 heteroatoms. The van der Waals surface area contributed by atoms with E-state index in [1.54, 1.807) is 0 Å². The first-order valence-electron chi connectivity index (χ1n) is 11.2. The maximum Gasteiger partial charge on any atom is 0.339 e. The average molecular weight is 518 g/mol. The molecule has 0 bridgehead atoms. The summed E-state index contributed by atoms with van der Waals surface area (Å²) in [6.07, 6.45) is -8.51. The van der Waals surface area contributed by atoms with Gasteiger partial charge in [-0.1, -0.05) is 0 Å². The molecule has 0 spiro atoms. The Morgan fingerprint density at radius 1 is 0.865 bits per heavy atom. The van der Waals surface area contributed by atoms with E-state index < -0.39 is 60.2 Å². The lowest BCUT2D eigenvalue weighted by Gasteiger charge is -2.41. The Bertz CT molecular complexity index is 1300. The van der Waals surface area contributed by atoms with Crippen molar-refractivity contribution in [1.82, 2.24) is 0 Å². The zero-order valence-corrected chi connectivity index (χ0v) is 20.3. The summed E-state index contributed by atoms with van der Waals surface area (Å²) in [5.41, 5.74) is -1.78. The molecule has 0 radical (unpaired) electrons. The first-order valence-corrected chi connectivity index (χ1v) is 11.2. The number of aliphatic hydroxyl groups is 4. The van der Waals surface area contributed by atoms with E-state index in [4.69, 9.17) is 18.9 Å². The highest BCUT2D eigenvalue weighted by molar-refractivity contribution is 6.32. The minimum atomic E-state index is -1.89. The highest BCUT2D eigenvalue weighted by Crippen LogP contribution is 2.48. The first kappa shape index (κ1) is 26.5. The second-order valence-electron chi connectivity index (χ2n) is 8.63. The average Bonchev–Trinajstić information content (AvgIpc) is 2.88. The fraction of sp³-hybridized carbons (Fsp3) is 0.400. The number of hydrogen-bond donors (Lipinski definition) is 5. The van der Waals surface area contributed by atoms with E-state index in [1.165, 1.54) is 33.3 Å². The van der Waals surface area contributed by atoms with Crippen LogP contribution in [0.4, 0.5) is 0 Å². The van der Waals surface area contributed by atoms with E-state index in [2.05, 4.69) is 0 Å². The van der Waals surface area contributed by atoms with Gasteiger partial charge < -0.3 is 44.5 Å². The molecule has 0 saturated carbocycles. The second kappa shape index (κ2) is 9.72. The van der Waals surface area contributed by atoms with Crippen molar-refractivity contribution in [2.45, 2.75) is 37.4 Å². The number of aromatic carboxylic acids is 1. The monoisotopic (exact) mass is 518 g/mol. The van der Waals surface area contributed by atoms with Crippen molar-refractivity contribution in [2.24, 2.45) is 0 Å². The topological polar surface area (TPSA) is 189 Å². The van der Waals surface area contributed by atoms with E-state index in [9.17, 15) is 39.9 Å². The quantitative estimate of drug-likeness (QED) is 0.294. The third-order valence-corrected chi connectivity index (χ3v) is 6.81. The van der Waals surface area contributed by atoms with E-state index in [0.29, 0.717) is 0 Å². The molecule has 0 amide bonds. The molecule has 5 N–H and O–H groups in total. The van der Waals surface area contributed by atoms with Gasteiger partial charge in [-0.15, -0.1) is 0 Å². The van der Waals surface area contributed by atoms with Crippen molar-refractivity contribution in [3.8, 4) is 17.2 Å². The Balaban J connectivity index is 2.14. The predicted octanol–water partition coefficient (Wildman–Crippen LogP) is 0.00932. The molecule has 2 aromatic rings. The fourth-order valence-electron chi connectivity index (χ4n) is 5.07. The van der Waals surface area contributed by atoms with Gasteiger partial charge in [0.25, 0.3) is 0 Å². The Labute approximate surface area is 210 Å². The van der Waals surface area contributed by atoms with Gasteiger partial charge in [0, 0.05) is 16.7 Å². The molecule has 1 saturated heterocycles. The van der Waals surface area contributed by atoms with Crippen LogP contribution in [0.15, 0.2) is 12.1 Å². The van der Waals surface area contributed by atoms with Crippen LogP contribution in [0.3, 0.4) is 0 Å². The van der Waals surface area contributed by atoms with Gasteiger partial charge in [0.1, 0.15) is 53.3 Å². The number of methoxy groups -OCH3 is 3. The maximum atomic E-state index is 14.1. The Morgan fingerprint density at radius 2 is 1.41 bits per heavy atom. The highest BCUT2D eigenvalue weighted by Gasteiger charge is 2.49. The van der Waals surface area contributed by atoms with Crippen LogP contribution in [0, 0.1) is 6.92 Å². The number of ketones is 2. The molecule has 1 fully saturated rings. The van der Waals surface area contributed by atoms with Crippen molar-refractivity contribution < 1.29 is 58.9 Å². The standard InChI is InChI=1S/C25H26O12/c1-8-12-16(20(29)15-10(35-3)6-5-9(34-2)14(15)19(12)28)17(23(36-4)13(8)25(32)33)24-22(31)21(30)18(27)11(7-26)37-24/h5-6,11,18,21-22,24,26-27,30-31H,7H2,1-4H3,(H,32,33)/t11-,18-,21+,22-,24?/m1/s1. The Hall–Kier alpha value is -3.55. The molecule has 5 atom stereocenters. The van der Waals surface area contributed by atoms with Crippen LogP contribution in [0.25, 0.3) is 0 Å². The number of carboxylic acid groups (broad SMARTS) is 1. The zero-order chi connectivity index (χ0) is 27.3. The molecule has 1 aliphatic heterocycles. The van der Waals surface area contributed by atoms with E-state index in [0.717, 1.165) is 7.11 Å². The van der Waals surface area contributed by atoms with Crippen LogP contribution in [0.5, 0.6) is 17.2 Å². The van der Waals surface area contributed by atoms with Crippen LogP contribution < -0.4 is 14.2 Å². The van der Waals surface area contributed by atoms with Crippen molar-refractivity contribution in [1.29, 1.82) is 0 Å². The minimum Gasteiger partial charge on any atom is -0.496 e. The van der Waals surface area contributed by atoms with Crippen LogP contribution in [-0.2, 0) is 4.74 Å². The lowest BCUT2D eigenvalue weighted by Crippen LogP contribution is -2.55. The number of carbonyl (C=O) groups excluding carboxylic acids is 2. The number of hydrogen-bond acceptors (Lipinski definition) is 11. The number of aliphatic hydroxyl groups excluding tert-OH is 4. The molecule has 2 aromatic carbocycles. The van der Waals surface area contributed by atoms with Crippen molar-refractivity contribution in [2.75, 3.05) is 27.9 Å². The summed E-state index contributed by atoms with van der Waals surface area (Å²) in [5, 5.41) is 51.3. The molecule has 1 aliphatic carbocycles. The highest BCUT2D eigenvalue weighted by atomic mass is 16.5. The summed E-state index contributed by atoms with van der Waals surface area (Å²) in [7, 11) is 3.74. The normalized spacial score (nSPS) is 24.8. The smallest absolute Gasteiger partial charge is 0.339 e. The number of benzene rings is 2. The molecule has 37 heavy (non-hydrogen) atoms. The van der Waals surface area contributed by atoms with Crippen LogP contribution in [0.2, 0.25) is 0 Å². The van der Waals surface area contributed by atoms with Gasteiger partial charge in [0.15, 0.2) is 11.6 Å². The maximum absolute atomic E-state index is 14.1. The molecule has 2 aliphatic rings. The summed E-state index contributed by atoms with van der Waals surface area (Å²) in [6, 6.07) is 2.86. The van der Waals surface area contributed by atoms with Gasteiger partial charge in [-0.2, -0.15) is 0 Å². The van der Waals surface area contributed by atoms with Crippen LogP contribution >= 0.6 is 0 Å². The lowest BCUT2D eigenvalue weighted by molar-refractivity contribution is -0.232. The van der Waals surface area contributed by atoms with Gasteiger partial charge in [0.05, 0.1) is 39.1 Å². The van der Waals surface area contributed by atoms with Gasteiger partial charge in [-0.25, -0.2) is 4.79 Å².